The summed E-state index contributed by atoms with van der Waals surface area (Å²) in [4.78, 5) is 43.3. The van der Waals surface area contributed by atoms with Crippen LogP contribution in [0.3, 0.4) is 0 Å². The lowest BCUT2D eigenvalue weighted by Crippen LogP contribution is -2.32. The molecule has 0 spiro atoms. The van der Waals surface area contributed by atoms with Crippen LogP contribution in [0.25, 0.3) is 21.8 Å². The number of rotatable bonds is 10. The predicted molar refractivity (Wildman–Crippen MR) is 159 cm³/mol. The summed E-state index contributed by atoms with van der Waals surface area (Å²) in [6, 6.07) is 24.7. The highest BCUT2D eigenvalue weighted by molar-refractivity contribution is 6.11. The van der Waals surface area contributed by atoms with E-state index in [1.165, 1.54) is 24.3 Å². The average Bonchev–Trinajstić information content (AvgIpc) is 3.29. The SMILES string of the molecule is CC(C)OC(=O)c1cc2c3ccccc3n(CC(=O)N(C)CCc3ccccc3)c2c(Oc2ccc([N+](=O)[O-])cc2)n1. The molecule has 214 valence electrons. The van der Waals surface area contributed by atoms with Gasteiger partial charge in [-0.2, -0.15) is 0 Å². The van der Waals surface area contributed by atoms with E-state index in [-0.39, 0.29) is 41.6 Å². The second-order valence-electron chi connectivity index (χ2n) is 10.2. The number of esters is 1. The van der Waals surface area contributed by atoms with Gasteiger partial charge in [0.2, 0.25) is 11.8 Å². The molecule has 0 saturated heterocycles. The summed E-state index contributed by atoms with van der Waals surface area (Å²) >= 11 is 0. The molecule has 42 heavy (non-hydrogen) atoms. The van der Waals surface area contributed by atoms with E-state index < -0.39 is 10.9 Å². The number of amides is 1. The summed E-state index contributed by atoms with van der Waals surface area (Å²) < 4.78 is 13.4. The third-order valence-electron chi connectivity index (χ3n) is 6.83. The molecule has 1 amide bonds. The highest BCUT2D eigenvalue weighted by Crippen LogP contribution is 2.37. The molecule has 0 atom stereocenters. The number of aromatic nitrogens is 2. The molecule has 0 N–H and O–H groups in total. The first kappa shape index (κ1) is 28.3. The Kier molecular flexibility index (Phi) is 8.14. The molecule has 5 aromatic rings. The zero-order chi connectivity index (χ0) is 29.8. The van der Waals surface area contributed by atoms with Gasteiger partial charge < -0.3 is 18.9 Å². The summed E-state index contributed by atoms with van der Waals surface area (Å²) in [5.74, 6) is -0.368. The molecule has 10 nitrogen and oxygen atoms in total. The van der Waals surface area contributed by atoms with Crippen molar-refractivity contribution in [3.63, 3.8) is 0 Å². The fourth-order valence-electron chi connectivity index (χ4n) is 4.72. The van der Waals surface area contributed by atoms with Gasteiger partial charge in [-0.15, -0.1) is 0 Å². The van der Waals surface area contributed by atoms with Gasteiger partial charge >= 0.3 is 5.97 Å². The summed E-state index contributed by atoms with van der Waals surface area (Å²) in [7, 11) is 1.77. The second kappa shape index (κ2) is 12.1. The van der Waals surface area contributed by atoms with Crippen LogP contribution in [0.2, 0.25) is 0 Å². The number of nitro groups is 1. The zero-order valence-corrected chi connectivity index (χ0v) is 23.5. The quantitative estimate of drug-likeness (QED) is 0.113. The molecule has 3 aromatic carbocycles. The van der Waals surface area contributed by atoms with Crippen molar-refractivity contribution in [2.75, 3.05) is 13.6 Å². The van der Waals surface area contributed by atoms with Crippen molar-refractivity contribution in [2.45, 2.75) is 32.9 Å². The molecule has 0 radical (unpaired) electrons. The molecule has 0 fully saturated rings. The number of ether oxygens (including phenoxy) is 2. The molecule has 0 aliphatic heterocycles. The van der Waals surface area contributed by atoms with Crippen molar-refractivity contribution in [3.05, 3.63) is 106 Å². The van der Waals surface area contributed by atoms with Crippen molar-refractivity contribution in [1.82, 2.24) is 14.5 Å². The van der Waals surface area contributed by atoms with Crippen LogP contribution < -0.4 is 4.74 Å². The van der Waals surface area contributed by atoms with Gasteiger partial charge in [0.1, 0.15) is 17.8 Å². The van der Waals surface area contributed by atoms with Crippen LogP contribution in [-0.2, 0) is 22.5 Å². The molecule has 2 aromatic heterocycles. The Hall–Kier alpha value is -5.25. The van der Waals surface area contributed by atoms with E-state index in [2.05, 4.69) is 4.98 Å². The maximum absolute atomic E-state index is 13.5. The summed E-state index contributed by atoms with van der Waals surface area (Å²) in [5.41, 5.74) is 2.37. The van der Waals surface area contributed by atoms with Crippen molar-refractivity contribution in [1.29, 1.82) is 0 Å². The minimum absolute atomic E-state index is 0.00336. The molecule has 0 saturated carbocycles. The van der Waals surface area contributed by atoms with Crippen LogP contribution in [0, 0.1) is 10.1 Å². The van der Waals surface area contributed by atoms with Crippen LogP contribution in [-0.4, -0.2) is 50.9 Å². The Morgan fingerprint density at radius 2 is 1.67 bits per heavy atom. The third-order valence-corrected chi connectivity index (χ3v) is 6.83. The first-order valence-electron chi connectivity index (χ1n) is 13.5. The van der Waals surface area contributed by atoms with Crippen LogP contribution in [0.4, 0.5) is 5.69 Å². The molecule has 0 aliphatic carbocycles. The van der Waals surface area contributed by atoms with Crippen molar-refractivity contribution >= 4 is 39.4 Å². The monoisotopic (exact) mass is 566 g/mol. The summed E-state index contributed by atoms with van der Waals surface area (Å²) in [6.45, 7) is 4.03. The molecular formula is C32H30N4O6. The zero-order valence-electron chi connectivity index (χ0n) is 23.5. The Morgan fingerprint density at radius 3 is 2.36 bits per heavy atom. The Bertz CT molecular complexity index is 1760. The van der Waals surface area contributed by atoms with Gasteiger partial charge in [-0.05, 0) is 50.1 Å². The van der Waals surface area contributed by atoms with Gasteiger partial charge in [0.05, 0.1) is 11.0 Å². The number of hydrogen-bond donors (Lipinski definition) is 0. The minimum Gasteiger partial charge on any atom is -0.458 e. The Labute approximate surface area is 242 Å². The van der Waals surface area contributed by atoms with Crippen molar-refractivity contribution in [2.24, 2.45) is 0 Å². The number of para-hydroxylation sites is 1. The number of fused-ring (bicyclic) bond motifs is 3. The van der Waals surface area contributed by atoms with Gasteiger partial charge in [0, 0.05) is 42.0 Å². The van der Waals surface area contributed by atoms with Gasteiger partial charge in [-0.3, -0.25) is 14.9 Å². The molecular weight excluding hydrogens is 536 g/mol. The van der Waals surface area contributed by atoms with Gasteiger partial charge in [0.15, 0.2) is 5.69 Å². The average molecular weight is 567 g/mol. The van der Waals surface area contributed by atoms with E-state index in [4.69, 9.17) is 9.47 Å². The number of nitrogens with zero attached hydrogens (tertiary/aromatic N) is 4. The number of carbonyl (C=O) groups excluding carboxylic acids is 2. The van der Waals surface area contributed by atoms with E-state index in [0.29, 0.717) is 23.9 Å². The standard InChI is InChI=1S/C32H30N4O6/c1-21(2)41-32(38)27-19-26-25-11-7-8-12-28(25)35(20-29(37)34(3)18-17-22-9-5-4-6-10-22)30(26)31(33-27)42-24-15-13-23(14-16-24)36(39)40/h4-16,19,21H,17-18,20H2,1-3H3. The fourth-order valence-corrected chi connectivity index (χ4v) is 4.72. The highest BCUT2D eigenvalue weighted by Gasteiger charge is 2.24. The lowest BCUT2D eigenvalue weighted by Gasteiger charge is -2.19. The number of hydrogen-bond acceptors (Lipinski definition) is 7. The van der Waals surface area contributed by atoms with E-state index >= 15 is 0 Å². The van der Waals surface area contributed by atoms with Crippen LogP contribution in [0.1, 0.15) is 29.9 Å². The Morgan fingerprint density at radius 1 is 0.976 bits per heavy atom. The second-order valence-corrected chi connectivity index (χ2v) is 10.2. The van der Waals surface area contributed by atoms with Crippen LogP contribution in [0.15, 0.2) is 84.9 Å². The summed E-state index contributed by atoms with van der Waals surface area (Å²) in [6.07, 6.45) is 0.354. The number of likely N-dealkylation sites (N-methyl/N-ethyl adjacent to an activating group) is 1. The van der Waals surface area contributed by atoms with E-state index in [1.54, 1.807) is 31.9 Å². The van der Waals surface area contributed by atoms with Gasteiger partial charge in [-0.25, -0.2) is 9.78 Å². The van der Waals surface area contributed by atoms with E-state index in [0.717, 1.165) is 16.5 Å². The van der Waals surface area contributed by atoms with Crippen molar-refractivity contribution < 1.29 is 24.0 Å². The number of non-ortho nitro benzene ring substituents is 1. The molecule has 2 heterocycles. The fraction of sp³-hybridized carbons (Fsp3) is 0.219. The Balaban J connectivity index is 1.58. The predicted octanol–water partition coefficient (Wildman–Crippen LogP) is 6.16. The smallest absolute Gasteiger partial charge is 0.357 e. The lowest BCUT2D eigenvalue weighted by molar-refractivity contribution is -0.384. The normalized spacial score (nSPS) is 11.1. The number of benzene rings is 3. The van der Waals surface area contributed by atoms with Crippen LogP contribution in [0.5, 0.6) is 11.6 Å². The number of nitro benzene ring substituents is 1. The van der Waals surface area contributed by atoms with E-state index in [1.807, 2.05) is 59.2 Å². The molecule has 0 unspecified atom stereocenters. The first-order chi connectivity index (χ1) is 20.2. The molecule has 10 heteroatoms. The third kappa shape index (κ3) is 6.07. The maximum Gasteiger partial charge on any atom is 0.357 e. The van der Waals surface area contributed by atoms with Crippen LogP contribution >= 0.6 is 0 Å². The highest BCUT2D eigenvalue weighted by atomic mass is 16.6. The molecule has 0 bridgehead atoms. The summed E-state index contributed by atoms with van der Waals surface area (Å²) in [5, 5.41) is 12.6. The minimum atomic E-state index is -0.617. The number of carbonyl (C=O) groups is 2. The van der Waals surface area contributed by atoms with Gasteiger partial charge in [0.25, 0.3) is 5.69 Å². The van der Waals surface area contributed by atoms with Crippen molar-refractivity contribution in [3.8, 4) is 11.6 Å². The number of pyridine rings is 1. The maximum atomic E-state index is 13.5. The first-order valence-corrected chi connectivity index (χ1v) is 13.5. The van der Waals surface area contributed by atoms with E-state index in [9.17, 15) is 19.7 Å². The topological polar surface area (TPSA) is 117 Å². The molecule has 0 aliphatic rings. The largest absolute Gasteiger partial charge is 0.458 e. The lowest BCUT2D eigenvalue weighted by atomic mass is 10.1. The van der Waals surface area contributed by atoms with Gasteiger partial charge in [-0.1, -0.05) is 48.5 Å². The molecule has 5 rings (SSSR count).